The predicted octanol–water partition coefficient (Wildman–Crippen LogP) is 7.77. The summed E-state index contributed by atoms with van der Waals surface area (Å²) in [5.41, 5.74) is 3.84. The first-order chi connectivity index (χ1) is 18.6. The van der Waals surface area contributed by atoms with Crippen LogP contribution in [0.15, 0.2) is 140 Å². The Labute approximate surface area is 222 Å². The van der Waals surface area contributed by atoms with Gasteiger partial charge in [0, 0.05) is 28.8 Å². The normalized spacial score (nSPS) is 11.1. The minimum absolute atomic E-state index is 0.117. The Morgan fingerprint density at radius 1 is 0.632 bits per heavy atom. The lowest BCUT2D eigenvalue weighted by Gasteiger charge is -2.36. The third-order valence-electron chi connectivity index (χ3n) is 6.50. The van der Waals surface area contributed by atoms with Gasteiger partial charge in [-0.1, -0.05) is 103 Å². The van der Waals surface area contributed by atoms with Crippen molar-refractivity contribution in [3.63, 3.8) is 0 Å². The molecule has 4 heteroatoms. The highest BCUT2D eigenvalue weighted by Crippen LogP contribution is 2.41. The van der Waals surface area contributed by atoms with E-state index in [2.05, 4.69) is 41.7 Å². The van der Waals surface area contributed by atoms with Crippen LogP contribution in [0, 0.1) is 5.82 Å². The summed E-state index contributed by atoms with van der Waals surface area (Å²) in [6.45, 7) is 0. The molecular weight excluding hydrogens is 473 g/mol. The molecule has 5 aromatic carbocycles. The fraction of sp³-hybridized carbons (Fsp3) is 0.0882. The Bertz CT molecular complexity index is 1360. The van der Waals surface area contributed by atoms with Crippen molar-refractivity contribution in [3.8, 4) is 5.75 Å². The van der Waals surface area contributed by atoms with Gasteiger partial charge in [-0.15, -0.1) is 0 Å². The second-order valence-electron chi connectivity index (χ2n) is 9.08. The maximum atomic E-state index is 13.1. The highest BCUT2D eigenvalue weighted by atomic mass is 19.1. The molecule has 1 amide bonds. The monoisotopic (exact) mass is 501 g/mol. The zero-order valence-corrected chi connectivity index (χ0v) is 20.9. The first kappa shape index (κ1) is 25.0. The number of hydrogen-bond donors (Lipinski definition) is 1. The van der Waals surface area contributed by atoms with Gasteiger partial charge in [0.1, 0.15) is 11.6 Å². The Balaban J connectivity index is 1.39. The number of nitrogens with one attached hydrogen (secondary N) is 1. The molecule has 0 spiro atoms. The van der Waals surface area contributed by atoms with Gasteiger partial charge in [0.25, 0.3) is 0 Å². The van der Waals surface area contributed by atoms with Crippen molar-refractivity contribution in [2.75, 3.05) is 5.32 Å². The molecule has 0 atom stereocenters. The van der Waals surface area contributed by atoms with Crippen molar-refractivity contribution >= 4 is 11.6 Å². The van der Waals surface area contributed by atoms with E-state index in [0.717, 1.165) is 28.0 Å². The first-order valence-corrected chi connectivity index (χ1v) is 12.6. The van der Waals surface area contributed by atoms with Gasteiger partial charge in [-0.3, -0.25) is 4.79 Å². The van der Waals surface area contributed by atoms with Crippen LogP contribution in [0.2, 0.25) is 0 Å². The lowest BCUT2D eigenvalue weighted by atomic mass is 9.80. The molecule has 0 aliphatic heterocycles. The molecule has 1 N–H and O–H groups in total. The van der Waals surface area contributed by atoms with E-state index in [1.165, 1.54) is 12.1 Å². The summed E-state index contributed by atoms with van der Waals surface area (Å²) in [6, 6.07) is 44.4. The van der Waals surface area contributed by atoms with Crippen LogP contribution in [0.3, 0.4) is 0 Å². The molecule has 0 fully saturated rings. The summed E-state index contributed by atoms with van der Waals surface area (Å²) in [5.74, 6) is 0.273. The van der Waals surface area contributed by atoms with Gasteiger partial charge in [-0.2, -0.15) is 0 Å². The van der Waals surface area contributed by atoms with E-state index >= 15 is 0 Å². The molecular formula is C34H28FNO2. The molecule has 0 heterocycles. The zero-order chi connectivity index (χ0) is 26.2. The molecule has 0 unspecified atom stereocenters. The highest BCUT2D eigenvalue weighted by molar-refractivity contribution is 5.90. The van der Waals surface area contributed by atoms with Gasteiger partial charge >= 0.3 is 0 Å². The fourth-order valence-electron chi connectivity index (χ4n) is 4.61. The predicted molar refractivity (Wildman–Crippen MR) is 150 cm³/mol. The molecule has 5 rings (SSSR count). The molecule has 0 radical (unpaired) electrons. The van der Waals surface area contributed by atoms with E-state index in [1.54, 1.807) is 12.1 Å². The molecule has 0 saturated carbocycles. The quantitative estimate of drug-likeness (QED) is 0.210. The zero-order valence-electron chi connectivity index (χ0n) is 20.9. The molecule has 188 valence electrons. The first-order valence-electron chi connectivity index (χ1n) is 12.6. The van der Waals surface area contributed by atoms with Crippen LogP contribution in [-0.4, -0.2) is 5.91 Å². The van der Waals surface area contributed by atoms with Gasteiger partial charge in [0.2, 0.25) is 5.91 Å². The van der Waals surface area contributed by atoms with Gasteiger partial charge in [0.15, 0.2) is 5.60 Å². The highest BCUT2D eigenvalue weighted by Gasteiger charge is 2.38. The summed E-state index contributed by atoms with van der Waals surface area (Å²) >= 11 is 0. The van der Waals surface area contributed by atoms with Crippen LogP contribution in [0.1, 0.15) is 28.7 Å². The number of ether oxygens (including phenoxy) is 1. The second-order valence-corrected chi connectivity index (χ2v) is 9.08. The molecule has 0 saturated heterocycles. The number of amides is 1. The summed E-state index contributed by atoms with van der Waals surface area (Å²) in [5, 5.41) is 2.81. The van der Waals surface area contributed by atoms with E-state index in [0.29, 0.717) is 18.5 Å². The molecule has 38 heavy (non-hydrogen) atoms. The van der Waals surface area contributed by atoms with Crippen molar-refractivity contribution in [1.29, 1.82) is 0 Å². The number of aryl methyl sites for hydroxylation is 1. The van der Waals surface area contributed by atoms with Crippen molar-refractivity contribution in [3.05, 3.63) is 168 Å². The Hall–Kier alpha value is -4.70. The van der Waals surface area contributed by atoms with Crippen LogP contribution in [0.4, 0.5) is 10.1 Å². The average Bonchev–Trinajstić information content (AvgIpc) is 2.98. The lowest BCUT2D eigenvalue weighted by Crippen LogP contribution is -2.36. The Kier molecular flexibility index (Phi) is 7.60. The fourth-order valence-corrected chi connectivity index (χ4v) is 4.61. The summed E-state index contributed by atoms with van der Waals surface area (Å²) in [7, 11) is 0. The summed E-state index contributed by atoms with van der Waals surface area (Å²) < 4.78 is 20.0. The van der Waals surface area contributed by atoms with Gasteiger partial charge < -0.3 is 10.1 Å². The molecule has 5 aromatic rings. The van der Waals surface area contributed by atoms with E-state index in [9.17, 15) is 9.18 Å². The molecule has 0 bridgehead atoms. The van der Waals surface area contributed by atoms with Crippen LogP contribution >= 0.6 is 0 Å². The average molecular weight is 502 g/mol. The van der Waals surface area contributed by atoms with Gasteiger partial charge in [0.05, 0.1) is 0 Å². The SMILES string of the molecule is O=C(CCc1ccc(OC(c2ccccc2)(c2ccccc2)c2ccccc2)cc1)Nc1ccc(F)cc1. The third-order valence-corrected chi connectivity index (χ3v) is 6.50. The van der Waals surface area contributed by atoms with Gasteiger partial charge in [-0.05, 0) is 48.4 Å². The smallest absolute Gasteiger partial charge is 0.224 e. The maximum Gasteiger partial charge on any atom is 0.224 e. The molecule has 0 aliphatic rings. The van der Waals surface area contributed by atoms with Gasteiger partial charge in [-0.25, -0.2) is 4.39 Å². The topological polar surface area (TPSA) is 38.3 Å². The second kappa shape index (κ2) is 11.6. The van der Waals surface area contributed by atoms with Crippen LogP contribution in [-0.2, 0) is 16.8 Å². The summed E-state index contributed by atoms with van der Waals surface area (Å²) in [4.78, 5) is 12.4. The largest absolute Gasteiger partial charge is 0.473 e. The number of anilines is 1. The van der Waals surface area contributed by atoms with Crippen molar-refractivity contribution in [1.82, 2.24) is 0 Å². The molecule has 0 aromatic heterocycles. The van der Waals surface area contributed by atoms with E-state index in [4.69, 9.17) is 4.74 Å². The van der Waals surface area contributed by atoms with E-state index in [1.807, 2.05) is 78.9 Å². The van der Waals surface area contributed by atoms with Crippen LogP contribution < -0.4 is 10.1 Å². The Morgan fingerprint density at radius 2 is 1.11 bits per heavy atom. The molecule has 3 nitrogen and oxygen atoms in total. The Morgan fingerprint density at radius 3 is 1.58 bits per heavy atom. The molecule has 0 aliphatic carbocycles. The number of rotatable bonds is 9. The van der Waals surface area contributed by atoms with Crippen molar-refractivity contribution in [2.45, 2.75) is 18.4 Å². The van der Waals surface area contributed by atoms with Crippen molar-refractivity contribution in [2.24, 2.45) is 0 Å². The lowest BCUT2D eigenvalue weighted by molar-refractivity contribution is -0.116. The third kappa shape index (κ3) is 5.65. The van der Waals surface area contributed by atoms with Crippen LogP contribution in [0.25, 0.3) is 0 Å². The maximum absolute atomic E-state index is 13.1. The number of halogens is 1. The number of carbonyl (C=O) groups is 1. The number of carbonyl (C=O) groups excluding carboxylic acids is 1. The minimum atomic E-state index is -0.847. The van der Waals surface area contributed by atoms with Crippen LogP contribution in [0.5, 0.6) is 5.75 Å². The van der Waals surface area contributed by atoms with E-state index < -0.39 is 5.60 Å². The van der Waals surface area contributed by atoms with E-state index in [-0.39, 0.29) is 11.7 Å². The number of hydrogen-bond acceptors (Lipinski definition) is 2. The standard InChI is InChI=1S/C34H28FNO2/c35-30-19-21-31(22-20-30)36-33(37)25-18-26-16-23-32(24-17-26)38-34(27-10-4-1-5-11-27,28-12-6-2-7-13-28)29-14-8-3-9-15-29/h1-17,19-24H,18,25H2,(H,36,37). The van der Waals surface area contributed by atoms with Crippen molar-refractivity contribution < 1.29 is 13.9 Å². The number of benzene rings is 5. The summed E-state index contributed by atoms with van der Waals surface area (Å²) in [6.07, 6.45) is 0.897. The minimum Gasteiger partial charge on any atom is -0.473 e.